The van der Waals surface area contributed by atoms with Crippen LogP contribution in [0, 0.1) is 6.92 Å². The lowest BCUT2D eigenvalue weighted by molar-refractivity contribution is 0.0947. The number of rotatable bonds is 10. The van der Waals surface area contributed by atoms with E-state index >= 15 is 0 Å². The summed E-state index contributed by atoms with van der Waals surface area (Å²) in [6.07, 6.45) is 4.84. The van der Waals surface area contributed by atoms with Crippen LogP contribution >= 0.6 is 15.9 Å². The van der Waals surface area contributed by atoms with E-state index in [9.17, 15) is 4.79 Å². The highest BCUT2D eigenvalue weighted by Gasteiger charge is 2.26. The van der Waals surface area contributed by atoms with Crippen LogP contribution in [-0.4, -0.2) is 62.5 Å². The summed E-state index contributed by atoms with van der Waals surface area (Å²) in [6.45, 7) is 4.65. The number of nitrogen functional groups attached to an aromatic ring is 1. The average molecular weight is 625 g/mol. The Morgan fingerprint density at radius 3 is 2.78 bits per heavy atom. The number of aromatic nitrogens is 5. The van der Waals surface area contributed by atoms with Crippen molar-refractivity contribution >= 4 is 33.9 Å². The Hall–Kier alpha value is -4.30. The number of hydrogen-bond acceptors (Lipinski definition) is 11. The topological polar surface area (TPSA) is 159 Å². The first-order valence-corrected chi connectivity index (χ1v) is 13.9. The van der Waals surface area contributed by atoms with Crippen LogP contribution < -0.4 is 20.6 Å². The molecule has 0 aliphatic carbocycles. The summed E-state index contributed by atoms with van der Waals surface area (Å²) >= 11 is 3.56. The number of methoxy groups -OCH3 is 1. The Balaban J connectivity index is 1.31. The van der Waals surface area contributed by atoms with Crippen molar-refractivity contribution in [1.29, 1.82) is 0 Å². The van der Waals surface area contributed by atoms with Crippen LogP contribution in [0.5, 0.6) is 11.5 Å². The number of ether oxygens (including phenoxy) is 2. The van der Waals surface area contributed by atoms with Crippen LogP contribution in [0.3, 0.4) is 0 Å². The molecule has 0 unspecified atom stereocenters. The van der Waals surface area contributed by atoms with Gasteiger partial charge in [-0.1, -0.05) is 41.5 Å². The Labute approximate surface area is 244 Å². The second kappa shape index (κ2) is 12.9. The number of nitrogens with two attached hydrogens (primary N) is 1. The maximum Gasteiger partial charge on any atom is 0.293 e. The Kier molecular flexibility index (Phi) is 8.89. The largest absolute Gasteiger partial charge is 0.493 e. The first kappa shape index (κ1) is 28.2. The van der Waals surface area contributed by atoms with Gasteiger partial charge in [-0.3, -0.25) is 9.69 Å². The van der Waals surface area contributed by atoms with E-state index in [1.165, 1.54) is 17.3 Å². The van der Waals surface area contributed by atoms with E-state index in [0.717, 1.165) is 37.1 Å². The number of amides is 1. The van der Waals surface area contributed by atoms with Gasteiger partial charge in [-0.2, -0.15) is 9.78 Å². The molecule has 3 N–H and O–H groups in total. The normalized spacial score (nSPS) is 13.9. The molecule has 4 aromatic rings. The Morgan fingerprint density at radius 1 is 1.22 bits per heavy atom. The molecule has 3 heterocycles. The number of carbonyl (C=O) groups is 1. The van der Waals surface area contributed by atoms with Gasteiger partial charge in [0.25, 0.3) is 5.91 Å². The van der Waals surface area contributed by atoms with Gasteiger partial charge in [0, 0.05) is 6.54 Å². The van der Waals surface area contributed by atoms with Gasteiger partial charge in [-0.15, -0.1) is 5.10 Å². The number of piperidine rings is 1. The first-order chi connectivity index (χ1) is 19.9. The number of aryl methyl sites for hydroxylation is 1. The first-order valence-electron chi connectivity index (χ1n) is 13.1. The van der Waals surface area contributed by atoms with E-state index in [1.54, 1.807) is 13.2 Å². The van der Waals surface area contributed by atoms with E-state index in [4.69, 9.17) is 19.8 Å². The number of likely N-dealkylation sites (tertiary alicyclic amines) is 1. The van der Waals surface area contributed by atoms with Crippen molar-refractivity contribution in [1.82, 2.24) is 35.6 Å². The molecule has 1 amide bonds. The van der Waals surface area contributed by atoms with Gasteiger partial charge in [0.05, 0.1) is 23.5 Å². The standard InChI is InChI=1S/C27H30BrN9O4/c1-17-7-6-8-18(11-17)16-40-24-20(28)12-19(13-22(24)39-2)14-30-32-27(38)23-21(15-36-9-4-3-5-10-36)37(35-31-23)26-25(29)33-41-34-26/h6-8,11-14H,3-5,9-10,15-16H2,1-2H3,(H2,29,33)(H,32,38)/b30-14+. The quantitative estimate of drug-likeness (QED) is 0.197. The molecule has 2 aromatic carbocycles. The van der Waals surface area contributed by atoms with E-state index in [-0.39, 0.29) is 17.3 Å². The summed E-state index contributed by atoms with van der Waals surface area (Å²) in [5.41, 5.74) is 11.9. The fourth-order valence-electron chi connectivity index (χ4n) is 4.59. The van der Waals surface area contributed by atoms with Gasteiger partial charge in [-0.05, 0) is 82.4 Å². The molecule has 13 nitrogen and oxygen atoms in total. The van der Waals surface area contributed by atoms with Crippen molar-refractivity contribution in [3.63, 3.8) is 0 Å². The van der Waals surface area contributed by atoms with Gasteiger partial charge < -0.3 is 15.2 Å². The van der Waals surface area contributed by atoms with Crippen molar-refractivity contribution in [3.05, 3.63) is 68.9 Å². The molecule has 1 fully saturated rings. The Bertz CT molecular complexity index is 1550. The van der Waals surface area contributed by atoms with Gasteiger partial charge in [0.2, 0.25) is 11.6 Å². The summed E-state index contributed by atoms with van der Waals surface area (Å²) in [4.78, 5) is 15.4. The molecule has 1 aliphatic rings. The van der Waals surface area contributed by atoms with Gasteiger partial charge in [0.1, 0.15) is 6.61 Å². The number of nitrogens with zero attached hydrogens (tertiary/aromatic N) is 7. The van der Waals surface area contributed by atoms with Crippen LogP contribution in [0.4, 0.5) is 5.82 Å². The lowest BCUT2D eigenvalue weighted by atomic mass is 10.1. The van der Waals surface area contributed by atoms with Crippen molar-refractivity contribution < 1.29 is 18.9 Å². The van der Waals surface area contributed by atoms with Crippen LogP contribution in [0.2, 0.25) is 0 Å². The molecule has 1 saturated heterocycles. The predicted octanol–water partition coefficient (Wildman–Crippen LogP) is 3.64. The smallest absolute Gasteiger partial charge is 0.293 e. The monoisotopic (exact) mass is 623 g/mol. The molecule has 214 valence electrons. The molecule has 0 atom stereocenters. The number of halogens is 1. The second-order valence-electron chi connectivity index (χ2n) is 9.62. The number of hydrogen-bond donors (Lipinski definition) is 2. The van der Waals surface area contributed by atoms with E-state index in [2.05, 4.69) is 58.0 Å². The molecular weight excluding hydrogens is 594 g/mol. The summed E-state index contributed by atoms with van der Waals surface area (Å²) in [5, 5.41) is 19.8. The molecule has 2 aromatic heterocycles. The van der Waals surface area contributed by atoms with Crippen molar-refractivity contribution in [3.8, 4) is 17.3 Å². The van der Waals surface area contributed by atoms with Crippen LogP contribution in [-0.2, 0) is 13.2 Å². The van der Waals surface area contributed by atoms with Crippen LogP contribution in [0.25, 0.3) is 5.82 Å². The third kappa shape index (κ3) is 6.72. The molecule has 0 spiro atoms. The highest BCUT2D eigenvalue weighted by atomic mass is 79.9. The molecule has 0 radical (unpaired) electrons. The lowest BCUT2D eigenvalue weighted by Gasteiger charge is -2.26. The zero-order chi connectivity index (χ0) is 28.8. The fourth-order valence-corrected chi connectivity index (χ4v) is 5.16. The Morgan fingerprint density at radius 2 is 2.05 bits per heavy atom. The van der Waals surface area contributed by atoms with Gasteiger partial charge >= 0.3 is 0 Å². The number of nitrogens with one attached hydrogen (secondary N) is 1. The second-order valence-corrected chi connectivity index (χ2v) is 10.5. The molecule has 41 heavy (non-hydrogen) atoms. The molecule has 14 heteroatoms. The summed E-state index contributed by atoms with van der Waals surface area (Å²) in [5.74, 6) is 0.777. The SMILES string of the molecule is COc1cc(/C=N/NC(=O)c2nnn(-c3nonc3N)c2CN2CCCCC2)cc(Br)c1OCc1cccc(C)c1. The maximum atomic E-state index is 13.1. The summed E-state index contributed by atoms with van der Waals surface area (Å²) < 4.78 is 18.4. The molecule has 5 rings (SSSR count). The zero-order valence-corrected chi connectivity index (χ0v) is 24.3. The minimum absolute atomic E-state index is 0.0469. The van der Waals surface area contributed by atoms with E-state index < -0.39 is 5.91 Å². The minimum atomic E-state index is -0.529. The highest BCUT2D eigenvalue weighted by Crippen LogP contribution is 2.37. The fraction of sp³-hybridized carbons (Fsp3) is 0.333. The minimum Gasteiger partial charge on any atom is -0.493 e. The molecule has 0 bridgehead atoms. The number of anilines is 1. The average Bonchev–Trinajstić information content (AvgIpc) is 3.58. The van der Waals surface area contributed by atoms with Crippen molar-refractivity contribution in [2.45, 2.75) is 39.3 Å². The summed E-state index contributed by atoms with van der Waals surface area (Å²) in [7, 11) is 1.56. The van der Waals surface area contributed by atoms with Gasteiger partial charge in [-0.25, -0.2) is 10.1 Å². The number of carbonyl (C=O) groups excluding carboxylic acids is 1. The number of hydrazone groups is 1. The maximum absolute atomic E-state index is 13.1. The molecule has 0 saturated carbocycles. The molecular formula is C27H30BrN9O4. The highest BCUT2D eigenvalue weighted by molar-refractivity contribution is 9.10. The van der Waals surface area contributed by atoms with Crippen LogP contribution in [0.1, 0.15) is 52.1 Å². The summed E-state index contributed by atoms with van der Waals surface area (Å²) in [6, 6.07) is 11.7. The number of benzene rings is 2. The van der Waals surface area contributed by atoms with E-state index in [1.807, 2.05) is 31.2 Å². The van der Waals surface area contributed by atoms with Crippen molar-refractivity contribution in [2.75, 3.05) is 25.9 Å². The third-order valence-electron chi connectivity index (χ3n) is 6.59. The zero-order valence-electron chi connectivity index (χ0n) is 22.7. The third-order valence-corrected chi connectivity index (χ3v) is 7.18. The van der Waals surface area contributed by atoms with Gasteiger partial charge in [0.15, 0.2) is 17.2 Å². The van der Waals surface area contributed by atoms with Crippen LogP contribution in [0.15, 0.2) is 50.6 Å². The predicted molar refractivity (Wildman–Crippen MR) is 154 cm³/mol. The lowest BCUT2D eigenvalue weighted by Crippen LogP contribution is -2.31. The molecule has 1 aliphatic heterocycles. The van der Waals surface area contributed by atoms with Crippen molar-refractivity contribution in [2.24, 2.45) is 5.10 Å². The van der Waals surface area contributed by atoms with E-state index in [0.29, 0.717) is 40.4 Å².